The second-order valence-electron chi connectivity index (χ2n) is 7.97. The highest BCUT2D eigenvalue weighted by Crippen LogP contribution is 2.31. The number of rotatable bonds is 6. The smallest absolute Gasteiger partial charge is 0.264 e. The minimum atomic E-state index is -3.69. The topological polar surface area (TPSA) is 76.2 Å². The lowest BCUT2D eigenvalue weighted by Crippen LogP contribution is -2.27. The van der Waals surface area contributed by atoms with E-state index in [4.69, 9.17) is 9.47 Å². The van der Waals surface area contributed by atoms with Crippen LogP contribution in [0.4, 0.5) is 5.69 Å². The molecule has 8 heteroatoms. The van der Waals surface area contributed by atoms with Gasteiger partial charge in [-0.25, -0.2) is 8.42 Å². The van der Waals surface area contributed by atoms with E-state index in [2.05, 4.69) is 0 Å². The van der Waals surface area contributed by atoms with E-state index in [0.29, 0.717) is 42.5 Å². The molecule has 0 bridgehead atoms. The summed E-state index contributed by atoms with van der Waals surface area (Å²) in [5.41, 5.74) is 2.86. The van der Waals surface area contributed by atoms with Gasteiger partial charge in [0, 0.05) is 26.2 Å². The molecule has 1 aliphatic heterocycles. The standard InChI is InChI=1S/C25H26N2O5S/c1-18-4-11-22(12-5-18)33(29,30)27(3)21-9-7-20(8-10-21)25(28)26(2)17-19-6-13-23-24(16-19)32-15-14-31-23/h4-13,16H,14-15,17H2,1-3H3. The summed E-state index contributed by atoms with van der Waals surface area (Å²) < 4.78 is 38.2. The molecule has 7 nitrogen and oxygen atoms in total. The Balaban J connectivity index is 1.46. The van der Waals surface area contributed by atoms with Crippen molar-refractivity contribution >= 4 is 21.6 Å². The first kappa shape index (κ1) is 22.7. The van der Waals surface area contributed by atoms with Crippen molar-refractivity contribution in [3.63, 3.8) is 0 Å². The Hall–Kier alpha value is -3.52. The predicted molar refractivity (Wildman–Crippen MR) is 126 cm³/mol. The first-order chi connectivity index (χ1) is 15.8. The zero-order valence-electron chi connectivity index (χ0n) is 18.8. The molecule has 1 amide bonds. The third-order valence-electron chi connectivity index (χ3n) is 5.53. The van der Waals surface area contributed by atoms with Crippen molar-refractivity contribution < 1.29 is 22.7 Å². The third-order valence-corrected chi connectivity index (χ3v) is 7.33. The van der Waals surface area contributed by atoms with Crippen LogP contribution in [-0.4, -0.2) is 46.5 Å². The van der Waals surface area contributed by atoms with E-state index in [1.807, 2.05) is 25.1 Å². The molecular weight excluding hydrogens is 440 g/mol. The van der Waals surface area contributed by atoms with Gasteiger partial charge in [-0.3, -0.25) is 9.10 Å². The summed E-state index contributed by atoms with van der Waals surface area (Å²) in [5, 5.41) is 0. The number of hydrogen-bond acceptors (Lipinski definition) is 5. The number of nitrogens with zero attached hydrogens (tertiary/aromatic N) is 2. The monoisotopic (exact) mass is 466 g/mol. The Kier molecular flexibility index (Phi) is 6.29. The molecular formula is C25H26N2O5S. The fraction of sp³-hybridized carbons (Fsp3) is 0.240. The first-order valence-electron chi connectivity index (χ1n) is 10.6. The summed E-state index contributed by atoms with van der Waals surface area (Å²) in [6, 6.07) is 18.9. The highest BCUT2D eigenvalue weighted by Gasteiger charge is 2.22. The molecule has 3 aromatic rings. The number of fused-ring (bicyclic) bond motifs is 1. The molecule has 0 aliphatic carbocycles. The molecule has 0 fully saturated rings. The maximum absolute atomic E-state index is 12.9. The average molecular weight is 467 g/mol. The second kappa shape index (κ2) is 9.15. The first-order valence-corrected chi connectivity index (χ1v) is 12.0. The van der Waals surface area contributed by atoms with Crippen LogP contribution in [0.15, 0.2) is 71.6 Å². The minimum absolute atomic E-state index is 0.166. The Morgan fingerprint density at radius 2 is 1.52 bits per heavy atom. The number of anilines is 1. The van der Waals surface area contributed by atoms with Gasteiger partial charge in [-0.05, 0) is 61.0 Å². The number of carbonyl (C=O) groups is 1. The van der Waals surface area contributed by atoms with Gasteiger partial charge in [0.2, 0.25) is 0 Å². The van der Waals surface area contributed by atoms with Crippen molar-refractivity contribution in [3.05, 3.63) is 83.4 Å². The average Bonchev–Trinajstić information content (AvgIpc) is 2.83. The van der Waals surface area contributed by atoms with Gasteiger partial charge in [0.05, 0.1) is 10.6 Å². The zero-order valence-corrected chi connectivity index (χ0v) is 19.6. The van der Waals surface area contributed by atoms with Crippen LogP contribution in [0.3, 0.4) is 0 Å². The van der Waals surface area contributed by atoms with Crippen molar-refractivity contribution in [1.82, 2.24) is 4.90 Å². The van der Waals surface area contributed by atoms with Gasteiger partial charge in [0.15, 0.2) is 11.5 Å². The van der Waals surface area contributed by atoms with Crippen LogP contribution in [0, 0.1) is 6.92 Å². The maximum Gasteiger partial charge on any atom is 0.264 e. The number of amides is 1. The third kappa shape index (κ3) is 4.80. The summed E-state index contributed by atoms with van der Waals surface area (Å²) in [4.78, 5) is 14.7. The van der Waals surface area contributed by atoms with Crippen molar-refractivity contribution in [2.75, 3.05) is 31.6 Å². The molecule has 1 heterocycles. The normalized spacial score (nSPS) is 12.8. The lowest BCUT2D eigenvalue weighted by molar-refractivity contribution is 0.0785. The number of hydrogen-bond donors (Lipinski definition) is 0. The van der Waals surface area contributed by atoms with E-state index in [-0.39, 0.29) is 10.8 Å². The van der Waals surface area contributed by atoms with Crippen LogP contribution in [0.1, 0.15) is 21.5 Å². The molecule has 1 aliphatic rings. The molecule has 0 spiro atoms. The lowest BCUT2D eigenvalue weighted by atomic mass is 10.1. The zero-order chi connectivity index (χ0) is 23.6. The largest absolute Gasteiger partial charge is 0.486 e. The summed E-state index contributed by atoms with van der Waals surface area (Å²) in [5.74, 6) is 1.22. The van der Waals surface area contributed by atoms with Crippen molar-refractivity contribution in [1.29, 1.82) is 0 Å². The minimum Gasteiger partial charge on any atom is -0.486 e. The van der Waals surface area contributed by atoms with E-state index in [0.717, 1.165) is 11.1 Å². The molecule has 0 saturated carbocycles. The van der Waals surface area contributed by atoms with Crippen LogP contribution in [0.5, 0.6) is 11.5 Å². The van der Waals surface area contributed by atoms with Crippen LogP contribution in [0.2, 0.25) is 0 Å². The van der Waals surface area contributed by atoms with Crippen LogP contribution >= 0.6 is 0 Å². The van der Waals surface area contributed by atoms with Gasteiger partial charge < -0.3 is 14.4 Å². The van der Waals surface area contributed by atoms with Crippen molar-refractivity contribution in [2.24, 2.45) is 0 Å². The van der Waals surface area contributed by atoms with Gasteiger partial charge >= 0.3 is 0 Å². The molecule has 172 valence electrons. The highest BCUT2D eigenvalue weighted by molar-refractivity contribution is 7.92. The van der Waals surface area contributed by atoms with Crippen molar-refractivity contribution in [3.8, 4) is 11.5 Å². The number of ether oxygens (including phenoxy) is 2. The molecule has 33 heavy (non-hydrogen) atoms. The van der Waals surface area contributed by atoms with Crippen LogP contribution in [0.25, 0.3) is 0 Å². The Bertz CT molecular complexity index is 1250. The summed E-state index contributed by atoms with van der Waals surface area (Å²) in [6.45, 7) is 3.34. The molecule has 0 saturated heterocycles. The molecule has 3 aromatic carbocycles. The number of carbonyl (C=O) groups excluding carboxylic acids is 1. The molecule has 0 unspecified atom stereocenters. The Morgan fingerprint density at radius 3 is 2.18 bits per heavy atom. The summed E-state index contributed by atoms with van der Waals surface area (Å²) in [6.07, 6.45) is 0. The van der Waals surface area contributed by atoms with Gasteiger partial charge in [-0.1, -0.05) is 23.8 Å². The quantitative estimate of drug-likeness (QED) is 0.551. The number of sulfonamides is 1. The van der Waals surface area contributed by atoms with Gasteiger partial charge in [-0.2, -0.15) is 0 Å². The van der Waals surface area contributed by atoms with E-state index in [1.54, 1.807) is 60.5 Å². The lowest BCUT2D eigenvalue weighted by Gasteiger charge is -2.22. The maximum atomic E-state index is 12.9. The highest BCUT2D eigenvalue weighted by atomic mass is 32.2. The number of benzene rings is 3. The summed E-state index contributed by atoms with van der Waals surface area (Å²) in [7, 11) is -0.467. The van der Waals surface area contributed by atoms with E-state index >= 15 is 0 Å². The van der Waals surface area contributed by atoms with Crippen LogP contribution < -0.4 is 13.8 Å². The van der Waals surface area contributed by atoms with E-state index in [1.165, 1.54) is 11.4 Å². The second-order valence-corrected chi connectivity index (χ2v) is 9.94. The molecule has 0 radical (unpaired) electrons. The van der Waals surface area contributed by atoms with Crippen molar-refractivity contribution in [2.45, 2.75) is 18.4 Å². The SMILES string of the molecule is Cc1ccc(S(=O)(=O)N(C)c2ccc(C(=O)N(C)Cc3ccc4c(c3)OCCO4)cc2)cc1. The van der Waals surface area contributed by atoms with E-state index < -0.39 is 10.0 Å². The predicted octanol–water partition coefficient (Wildman–Crippen LogP) is 3.86. The van der Waals surface area contributed by atoms with E-state index in [9.17, 15) is 13.2 Å². The molecule has 0 atom stereocenters. The fourth-order valence-electron chi connectivity index (χ4n) is 3.57. The van der Waals surface area contributed by atoms with Gasteiger partial charge in [-0.15, -0.1) is 0 Å². The fourth-order valence-corrected chi connectivity index (χ4v) is 4.77. The molecule has 0 aromatic heterocycles. The molecule has 4 rings (SSSR count). The Morgan fingerprint density at radius 1 is 0.879 bits per heavy atom. The molecule has 0 N–H and O–H groups in total. The van der Waals surface area contributed by atoms with Crippen LogP contribution in [-0.2, 0) is 16.6 Å². The number of aryl methyl sites for hydroxylation is 1. The Labute approximate surface area is 194 Å². The summed E-state index contributed by atoms with van der Waals surface area (Å²) >= 11 is 0. The van der Waals surface area contributed by atoms with Gasteiger partial charge in [0.25, 0.3) is 15.9 Å². The van der Waals surface area contributed by atoms with Gasteiger partial charge in [0.1, 0.15) is 13.2 Å².